The Morgan fingerprint density at radius 3 is 2.45 bits per heavy atom. The van der Waals surface area contributed by atoms with E-state index < -0.39 is 57.2 Å². The molecule has 0 spiro atoms. The molecule has 7 N–H and O–H groups in total. The number of benzene rings is 4. The highest BCUT2D eigenvalue weighted by Crippen LogP contribution is 2.47. The third-order valence-electron chi connectivity index (χ3n) is 8.64. The van der Waals surface area contributed by atoms with Crippen LogP contribution in [0.15, 0.2) is 113 Å². The summed E-state index contributed by atoms with van der Waals surface area (Å²) in [5, 5.41) is 50.0. The molecule has 13 heteroatoms. The summed E-state index contributed by atoms with van der Waals surface area (Å²) in [4.78, 5) is 40.3. The number of H-pyrrole nitrogens is 1. The predicted molar refractivity (Wildman–Crippen MR) is 191 cm³/mol. The molecule has 1 unspecified atom stereocenters. The third kappa shape index (κ3) is 7.05. The van der Waals surface area contributed by atoms with E-state index in [1.165, 1.54) is 54.6 Å². The number of amides is 1. The SMILES string of the molecule is O=C(NC[SH]1C=CC=C1c1cccc([C@](O)(C(=O)O)c2ccccc2)c1)c1ccc(CNC[C@H](O)c2ccc(O)c3[nH]c(=O)ccc23)c(F)c1F. The number of thiol groups is 1. The molecule has 2 heterocycles. The van der Waals surface area contributed by atoms with Crippen LogP contribution in [0.5, 0.6) is 5.75 Å². The molecule has 1 aliphatic heterocycles. The number of aliphatic hydroxyl groups is 2. The van der Waals surface area contributed by atoms with Crippen molar-refractivity contribution in [1.82, 2.24) is 15.6 Å². The van der Waals surface area contributed by atoms with Crippen LogP contribution in [0.3, 0.4) is 0 Å². The molecule has 262 valence electrons. The predicted octanol–water partition coefficient (Wildman–Crippen LogP) is 4.91. The van der Waals surface area contributed by atoms with Crippen LogP contribution in [0, 0.1) is 11.6 Å². The molecule has 0 bridgehead atoms. The molecule has 1 aliphatic rings. The van der Waals surface area contributed by atoms with Gasteiger partial charge in [-0.05, 0) is 57.3 Å². The second-order valence-corrected chi connectivity index (χ2v) is 13.9. The van der Waals surface area contributed by atoms with Crippen LogP contribution >= 0.6 is 10.9 Å². The van der Waals surface area contributed by atoms with Gasteiger partial charge in [0.25, 0.3) is 5.91 Å². The Labute approximate surface area is 292 Å². The van der Waals surface area contributed by atoms with E-state index in [0.29, 0.717) is 16.5 Å². The number of hydrogen-bond donors (Lipinski definition) is 8. The van der Waals surface area contributed by atoms with Gasteiger partial charge in [-0.2, -0.15) is 10.9 Å². The minimum absolute atomic E-state index is 0.0684. The number of carbonyl (C=O) groups excluding carboxylic acids is 1. The summed E-state index contributed by atoms with van der Waals surface area (Å²) in [6.07, 6.45) is 2.50. The quantitative estimate of drug-likeness (QED) is 0.0843. The Morgan fingerprint density at radius 2 is 1.69 bits per heavy atom. The Balaban J connectivity index is 1.09. The van der Waals surface area contributed by atoms with Gasteiger partial charge < -0.3 is 36.0 Å². The molecular formula is C38H33F2N3O7S. The first-order chi connectivity index (χ1) is 24.5. The average molecular weight is 714 g/mol. The fourth-order valence-electron chi connectivity index (χ4n) is 5.97. The second kappa shape index (κ2) is 14.7. The van der Waals surface area contributed by atoms with E-state index in [2.05, 4.69) is 15.6 Å². The van der Waals surface area contributed by atoms with Crippen LogP contribution in [0.1, 0.15) is 44.3 Å². The molecule has 3 atom stereocenters. The van der Waals surface area contributed by atoms with Crippen molar-refractivity contribution in [2.24, 2.45) is 0 Å². The molecular weight excluding hydrogens is 680 g/mol. The number of phenolic OH excluding ortho intramolecular Hbond substituents is 1. The lowest BCUT2D eigenvalue weighted by Crippen LogP contribution is -2.36. The molecule has 1 aromatic heterocycles. The highest BCUT2D eigenvalue weighted by Gasteiger charge is 2.40. The van der Waals surface area contributed by atoms with Crippen molar-refractivity contribution in [2.75, 3.05) is 12.4 Å². The Hall–Kier alpha value is -5.60. The number of halogens is 2. The first-order valence-corrected chi connectivity index (χ1v) is 17.3. The van der Waals surface area contributed by atoms with E-state index in [-0.39, 0.29) is 46.9 Å². The van der Waals surface area contributed by atoms with Crippen LogP contribution in [0.2, 0.25) is 0 Å². The topological polar surface area (TPSA) is 172 Å². The summed E-state index contributed by atoms with van der Waals surface area (Å²) in [5.74, 6) is -4.87. The maximum absolute atomic E-state index is 15.2. The summed E-state index contributed by atoms with van der Waals surface area (Å²) in [6.45, 7) is -0.237. The number of aliphatic carboxylic acids is 1. The summed E-state index contributed by atoms with van der Waals surface area (Å²) in [5.41, 5.74) is -1.72. The molecule has 51 heavy (non-hydrogen) atoms. The van der Waals surface area contributed by atoms with Gasteiger partial charge >= 0.3 is 5.97 Å². The number of aromatic nitrogens is 1. The molecule has 0 saturated heterocycles. The van der Waals surface area contributed by atoms with Crippen molar-refractivity contribution in [1.29, 1.82) is 0 Å². The van der Waals surface area contributed by atoms with Crippen molar-refractivity contribution >= 4 is 38.6 Å². The lowest BCUT2D eigenvalue weighted by molar-refractivity contribution is -0.155. The zero-order valence-electron chi connectivity index (χ0n) is 26.8. The zero-order chi connectivity index (χ0) is 36.3. The Bertz CT molecular complexity index is 2260. The summed E-state index contributed by atoms with van der Waals surface area (Å²) in [7, 11) is -1.16. The van der Waals surface area contributed by atoms with Crippen molar-refractivity contribution in [2.45, 2.75) is 18.2 Å². The molecule has 0 saturated carbocycles. The van der Waals surface area contributed by atoms with Crippen molar-refractivity contribution < 1.29 is 38.8 Å². The number of carboxylic acid groups (broad SMARTS) is 1. The number of carbonyl (C=O) groups is 2. The van der Waals surface area contributed by atoms with Crippen molar-refractivity contribution in [3.8, 4) is 5.75 Å². The molecule has 10 nitrogen and oxygen atoms in total. The van der Waals surface area contributed by atoms with Crippen molar-refractivity contribution in [3.63, 3.8) is 0 Å². The van der Waals surface area contributed by atoms with Crippen LogP contribution in [0.4, 0.5) is 8.78 Å². The number of nitrogens with one attached hydrogen (secondary N) is 3. The van der Waals surface area contributed by atoms with Gasteiger partial charge in [0.05, 0.1) is 23.1 Å². The highest BCUT2D eigenvalue weighted by molar-refractivity contribution is 8.27. The smallest absolute Gasteiger partial charge is 0.345 e. The summed E-state index contributed by atoms with van der Waals surface area (Å²) < 4.78 is 30.3. The summed E-state index contributed by atoms with van der Waals surface area (Å²) in [6, 6.07) is 22.6. The van der Waals surface area contributed by atoms with Gasteiger partial charge in [-0.1, -0.05) is 66.7 Å². The second-order valence-electron chi connectivity index (χ2n) is 11.8. The average Bonchev–Trinajstić information content (AvgIpc) is 3.61. The number of rotatable bonds is 12. The van der Waals surface area contributed by atoms with Gasteiger partial charge in [-0.25, -0.2) is 13.6 Å². The number of phenols is 1. The summed E-state index contributed by atoms with van der Waals surface area (Å²) >= 11 is 0. The van der Waals surface area contributed by atoms with E-state index in [4.69, 9.17) is 0 Å². The molecule has 1 amide bonds. The standard InChI is InChI=1S/C38H33F2N3O7S/c39-33-23(19-41-20-30(45)26-13-15-29(44)35-27(26)14-16-32(46)43-35)11-12-28(34(33)40)36(47)42-21-51-17-5-10-31(51)22-6-4-9-25(18-22)38(50,37(48)49)24-7-2-1-3-8-24/h1-18,30,41,44-45,50-51H,19-21H2,(H,42,47)(H,43,46)(H,48,49)/t30-,38-/m0/s1. The van der Waals surface area contributed by atoms with Crippen LogP contribution in [-0.2, 0) is 16.9 Å². The molecule has 6 rings (SSSR count). The van der Waals surface area contributed by atoms with Gasteiger partial charge in [-0.3, -0.25) is 9.59 Å². The van der Waals surface area contributed by atoms with E-state index in [9.17, 15) is 34.8 Å². The third-order valence-corrected chi connectivity index (χ3v) is 10.7. The molecule has 5 aromatic rings. The largest absolute Gasteiger partial charge is 0.506 e. The molecule has 0 radical (unpaired) electrons. The minimum Gasteiger partial charge on any atom is -0.506 e. The Morgan fingerprint density at radius 1 is 0.922 bits per heavy atom. The number of allylic oxidation sites excluding steroid dienone is 2. The van der Waals surface area contributed by atoms with Gasteiger partial charge in [-0.15, -0.1) is 0 Å². The van der Waals surface area contributed by atoms with Crippen LogP contribution in [0.25, 0.3) is 15.8 Å². The lowest BCUT2D eigenvalue weighted by atomic mass is 9.85. The fourth-order valence-corrected chi connectivity index (χ4v) is 7.76. The maximum atomic E-state index is 15.2. The number of aliphatic hydroxyl groups excluding tert-OH is 1. The maximum Gasteiger partial charge on any atom is 0.345 e. The van der Waals surface area contributed by atoms with E-state index in [0.717, 1.165) is 4.91 Å². The number of carboxylic acids is 1. The Kier molecular flexibility index (Phi) is 10.2. The van der Waals surface area contributed by atoms with E-state index in [1.54, 1.807) is 42.5 Å². The minimum atomic E-state index is -2.30. The van der Waals surface area contributed by atoms with Gasteiger partial charge in [0, 0.05) is 35.7 Å². The van der Waals surface area contributed by atoms with Gasteiger partial charge in [0.15, 0.2) is 11.6 Å². The number of pyridine rings is 1. The molecule has 4 aromatic carbocycles. The first kappa shape index (κ1) is 35.2. The van der Waals surface area contributed by atoms with Gasteiger partial charge in [0.2, 0.25) is 11.2 Å². The lowest BCUT2D eigenvalue weighted by Gasteiger charge is -2.26. The molecule has 0 fully saturated rings. The van der Waals surface area contributed by atoms with Crippen molar-refractivity contribution in [3.05, 3.63) is 164 Å². The fraction of sp³-hybridized carbons (Fsp3) is 0.132. The highest BCUT2D eigenvalue weighted by atomic mass is 32.2. The normalized spacial score (nSPS) is 16.4. The number of aromatic hydroxyl groups is 1. The van der Waals surface area contributed by atoms with Gasteiger partial charge in [0.1, 0.15) is 5.75 Å². The van der Waals surface area contributed by atoms with E-state index in [1.807, 2.05) is 11.5 Å². The van der Waals surface area contributed by atoms with Crippen LogP contribution < -0.4 is 16.2 Å². The monoisotopic (exact) mass is 713 g/mol. The first-order valence-electron chi connectivity index (χ1n) is 15.7. The number of aromatic amines is 1. The molecule has 0 aliphatic carbocycles. The zero-order valence-corrected chi connectivity index (χ0v) is 27.7. The number of hydrogen-bond acceptors (Lipinski definition) is 7. The van der Waals surface area contributed by atoms with E-state index >= 15 is 8.78 Å². The van der Waals surface area contributed by atoms with Crippen LogP contribution in [-0.4, -0.2) is 49.7 Å². The number of fused-ring (bicyclic) bond motifs is 1.